The van der Waals surface area contributed by atoms with Crippen LogP contribution in [0.3, 0.4) is 0 Å². The van der Waals surface area contributed by atoms with Crippen molar-refractivity contribution >= 4 is 5.91 Å². The molecule has 0 aliphatic carbocycles. The van der Waals surface area contributed by atoms with Gasteiger partial charge in [-0.05, 0) is 32.4 Å². The average molecular weight is 237 g/mol. The van der Waals surface area contributed by atoms with Gasteiger partial charge in [-0.15, -0.1) is 0 Å². The van der Waals surface area contributed by atoms with Gasteiger partial charge in [-0.2, -0.15) is 0 Å². The monoisotopic (exact) mass is 237 g/mol. The summed E-state index contributed by atoms with van der Waals surface area (Å²) in [6, 6.07) is 1.96. The molecule has 1 aliphatic rings. The lowest BCUT2D eigenvalue weighted by atomic mass is 10.0. The third-order valence-electron chi connectivity index (χ3n) is 3.12. The molecular weight excluding hydrogens is 218 g/mol. The van der Waals surface area contributed by atoms with E-state index in [0.717, 1.165) is 38.9 Å². The minimum absolute atomic E-state index is 0.0312. The summed E-state index contributed by atoms with van der Waals surface area (Å²) in [6.07, 6.45) is 4.50. The fourth-order valence-corrected chi connectivity index (χ4v) is 2.28. The highest BCUT2D eigenvalue weighted by molar-refractivity contribution is 5.91. The van der Waals surface area contributed by atoms with E-state index in [1.165, 1.54) is 6.20 Å². The van der Waals surface area contributed by atoms with Crippen molar-refractivity contribution in [2.24, 2.45) is 0 Å². The number of hydrogen-bond acceptors (Lipinski definition) is 4. The van der Waals surface area contributed by atoms with Crippen molar-refractivity contribution in [2.45, 2.75) is 32.2 Å². The van der Waals surface area contributed by atoms with Crippen LogP contribution in [-0.2, 0) is 0 Å². The lowest BCUT2D eigenvalue weighted by Crippen LogP contribution is -2.46. The summed E-state index contributed by atoms with van der Waals surface area (Å²) in [7, 11) is 0. The van der Waals surface area contributed by atoms with E-state index in [1.807, 2.05) is 4.90 Å². The van der Waals surface area contributed by atoms with E-state index in [9.17, 15) is 4.79 Å². The zero-order valence-electron chi connectivity index (χ0n) is 10.2. The summed E-state index contributed by atoms with van der Waals surface area (Å²) < 4.78 is 4.96. The smallest absolute Gasteiger partial charge is 0.292 e. The van der Waals surface area contributed by atoms with E-state index < -0.39 is 0 Å². The molecule has 2 heterocycles. The minimum Gasteiger partial charge on any atom is -0.351 e. The van der Waals surface area contributed by atoms with Gasteiger partial charge < -0.3 is 14.7 Å². The minimum atomic E-state index is -0.0312. The molecule has 1 aromatic rings. The number of aromatic nitrogens is 1. The van der Waals surface area contributed by atoms with Gasteiger partial charge in [0.05, 0.1) is 6.20 Å². The van der Waals surface area contributed by atoms with Crippen molar-refractivity contribution in [2.75, 3.05) is 19.6 Å². The number of amides is 1. The first-order valence-corrected chi connectivity index (χ1v) is 6.25. The Kier molecular flexibility index (Phi) is 4.14. The molecule has 1 aliphatic heterocycles. The van der Waals surface area contributed by atoms with Gasteiger partial charge in [0.25, 0.3) is 5.91 Å². The van der Waals surface area contributed by atoms with Crippen LogP contribution in [0.4, 0.5) is 0 Å². The predicted molar refractivity (Wildman–Crippen MR) is 63.7 cm³/mol. The largest absolute Gasteiger partial charge is 0.351 e. The maximum absolute atomic E-state index is 12.3. The highest BCUT2D eigenvalue weighted by atomic mass is 16.5. The Balaban J connectivity index is 2.07. The molecule has 2 rings (SSSR count). The molecule has 5 nitrogen and oxygen atoms in total. The van der Waals surface area contributed by atoms with Gasteiger partial charge in [0, 0.05) is 18.7 Å². The number of rotatable bonds is 4. The van der Waals surface area contributed by atoms with Crippen LogP contribution in [0, 0.1) is 0 Å². The third-order valence-corrected chi connectivity index (χ3v) is 3.12. The second-order valence-electron chi connectivity index (χ2n) is 4.36. The van der Waals surface area contributed by atoms with Crippen molar-refractivity contribution in [1.29, 1.82) is 0 Å². The second-order valence-corrected chi connectivity index (χ2v) is 4.36. The summed E-state index contributed by atoms with van der Waals surface area (Å²) in [5.74, 6) is 0.313. The van der Waals surface area contributed by atoms with Gasteiger partial charge in [0.2, 0.25) is 5.76 Å². The Bertz CT molecular complexity index is 345. The highest BCUT2D eigenvalue weighted by Gasteiger charge is 2.27. The first-order valence-electron chi connectivity index (χ1n) is 6.25. The average Bonchev–Trinajstić information content (AvgIpc) is 2.90. The Morgan fingerprint density at radius 2 is 2.35 bits per heavy atom. The summed E-state index contributed by atoms with van der Waals surface area (Å²) in [4.78, 5) is 14.2. The summed E-state index contributed by atoms with van der Waals surface area (Å²) in [5, 5.41) is 6.91. The van der Waals surface area contributed by atoms with Gasteiger partial charge in [-0.3, -0.25) is 4.79 Å². The zero-order valence-corrected chi connectivity index (χ0v) is 10.2. The van der Waals surface area contributed by atoms with Gasteiger partial charge in [0.15, 0.2) is 0 Å². The van der Waals surface area contributed by atoms with Crippen molar-refractivity contribution in [3.63, 3.8) is 0 Å². The second kappa shape index (κ2) is 5.82. The number of hydrogen-bond donors (Lipinski definition) is 1. The third kappa shape index (κ3) is 2.85. The summed E-state index contributed by atoms with van der Waals surface area (Å²) in [5.41, 5.74) is 0. The van der Waals surface area contributed by atoms with Gasteiger partial charge in [-0.1, -0.05) is 12.1 Å². The molecule has 1 N–H and O–H groups in total. The lowest BCUT2D eigenvalue weighted by Gasteiger charge is -2.33. The molecule has 0 unspecified atom stereocenters. The topological polar surface area (TPSA) is 58.4 Å². The molecular formula is C12H19N3O2. The van der Waals surface area contributed by atoms with Crippen LogP contribution < -0.4 is 5.32 Å². The first-order chi connectivity index (χ1) is 8.33. The molecule has 0 bridgehead atoms. The van der Waals surface area contributed by atoms with Crippen LogP contribution in [0.2, 0.25) is 0 Å². The normalized spacial score (nSPS) is 17.0. The standard InChI is InChI=1S/C12H19N3O2/c1-2-9-15(10-3-6-13-7-4-10)12(16)11-5-8-14-17-11/h5,8,10,13H,2-4,6-7,9H2,1H3. The van der Waals surface area contributed by atoms with E-state index in [4.69, 9.17) is 4.52 Å². The fraction of sp³-hybridized carbons (Fsp3) is 0.667. The van der Waals surface area contributed by atoms with Crippen LogP contribution >= 0.6 is 0 Å². The molecule has 1 amide bonds. The highest BCUT2D eigenvalue weighted by Crippen LogP contribution is 2.16. The van der Waals surface area contributed by atoms with Crippen LogP contribution in [-0.4, -0.2) is 41.6 Å². The number of nitrogens with one attached hydrogen (secondary N) is 1. The van der Waals surface area contributed by atoms with Crippen LogP contribution in [0.1, 0.15) is 36.7 Å². The molecule has 17 heavy (non-hydrogen) atoms. The fourth-order valence-electron chi connectivity index (χ4n) is 2.28. The predicted octanol–water partition coefficient (Wildman–Crippen LogP) is 1.28. The van der Waals surface area contributed by atoms with Crippen molar-refractivity contribution in [3.05, 3.63) is 18.0 Å². The Morgan fingerprint density at radius 3 is 2.94 bits per heavy atom. The molecule has 0 spiro atoms. The Hall–Kier alpha value is -1.36. The molecule has 1 fully saturated rings. The summed E-state index contributed by atoms with van der Waals surface area (Å²) in [6.45, 7) is 4.83. The van der Waals surface area contributed by atoms with E-state index >= 15 is 0 Å². The SMILES string of the molecule is CCCN(C(=O)c1ccno1)C1CCNCC1. The Morgan fingerprint density at radius 1 is 1.59 bits per heavy atom. The number of nitrogens with zero attached hydrogens (tertiary/aromatic N) is 2. The van der Waals surface area contributed by atoms with Crippen molar-refractivity contribution in [1.82, 2.24) is 15.4 Å². The summed E-state index contributed by atoms with van der Waals surface area (Å²) >= 11 is 0. The molecule has 0 saturated carbocycles. The molecule has 0 radical (unpaired) electrons. The van der Waals surface area contributed by atoms with E-state index in [1.54, 1.807) is 6.07 Å². The van der Waals surface area contributed by atoms with Gasteiger partial charge in [-0.25, -0.2) is 0 Å². The van der Waals surface area contributed by atoms with Gasteiger partial charge >= 0.3 is 0 Å². The molecule has 5 heteroatoms. The maximum atomic E-state index is 12.3. The van der Waals surface area contributed by atoms with Crippen LogP contribution in [0.15, 0.2) is 16.8 Å². The van der Waals surface area contributed by atoms with Gasteiger partial charge in [0.1, 0.15) is 0 Å². The molecule has 1 aromatic heterocycles. The molecule has 1 saturated heterocycles. The lowest BCUT2D eigenvalue weighted by molar-refractivity contribution is 0.0600. The van der Waals surface area contributed by atoms with Crippen molar-refractivity contribution in [3.8, 4) is 0 Å². The van der Waals surface area contributed by atoms with Crippen LogP contribution in [0.25, 0.3) is 0 Å². The Labute approximate surface area is 101 Å². The van der Waals surface area contributed by atoms with Crippen LogP contribution in [0.5, 0.6) is 0 Å². The first kappa shape index (κ1) is 12.1. The molecule has 0 aromatic carbocycles. The zero-order chi connectivity index (χ0) is 12.1. The molecule has 0 atom stereocenters. The van der Waals surface area contributed by atoms with E-state index in [0.29, 0.717) is 11.8 Å². The number of carbonyl (C=O) groups excluding carboxylic acids is 1. The maximum Gasteiger partial charge on any atom is 0.292 e. The van der Waals surface area contributed by atoms with E-state index in [-0.39, 0.29) is 5.91 Å². The van der Waals surface area contributed by atoms with E-state index in [2.05, 4.69) is 17.4 Å². The quantitative estimate of drug-likeness (QED) is 0.857. The van der Waals surface area contributed by atoms with Crippen molar-refractivity contribution < 1.29 is 9.32 Å². The molecule has 94 valence electrons. The number of carbonyl (C=O) groups is 1. The number of piperidine rings is 1.